The second-order valence-electron chi connectivity index (χ2n) is 6.39. The first-order valence-corrected chi connectivity index (χ1v) is 8.29. The second-order valence-corrected chi connectivity index (χ2v) is 7.24. The fourth-order valence-corrected chi connectivity index (χ4v) is 2.71. The van der Waals surface area contributed by atoms with Crippen LogP contribution in [0.15, 0.2) is 33.2 Å². The number of benzene rings is 1. The quantitative estimate of drug-likeness (QED) is 0.881. The molecule has 0 spiro atoms. The van der Waals surface area contributed by atoms with E-state index in [1.54, 1.807) is 6.07 Å². The first kappa shape index (κ1) is 17.5. The van der Waals surface area contributed by atoms with Crippen molar-refractivity contribution in [1.82, 2.24) is 10.2 Å². The molecule has 0 saturated heterocycles. The summed E-state index contributed by atoms with van der Waals surface area (Å²) in [4.78, 5) is 26.1. The number of hydrogen-bond donors (Lipinski definition) is 1. The summed E-state index contributed by atoms with van der Waals surface area (Å²) in [5, 5.41) is 3.70. The Morgan fingerprint density at radius 3 is 2.57 bits per heavy atom. The average molecular weight is 381 g/mol. The number of likely N-dealkylation sites (N-methyl/N-ethyl adjacent to an activating group) is 1. The molecule has 2 rings (SSSR count). The highest BCUT2D eigenvalue weighted by Crippen LogP contribution is 2.27. The third kappa shape index (κ3) is 4.34. The number of nitrogens with zero attached hydrogens (tertiary/aromatic N) is 1. The van der Waals surface area contributed by atoms with E-state index in [4.69, 9.17) is 4.42 Å². The highest BCUT2D eigenvalue weighted by Gasteiger charge is 2.23. The Bertz CT molecular complexity index is 731. The lowest BCUT2D eigenvalue weighted by atomic mass is 10.1. The second kappa shape index (κ2) is 6.74. The Hall–Kier alpha value is -1.82. The molecule has 124 valence electrons. The summed E-state index contributed by atoms with van der Waals surface area (Å²) >= 11 is 3.40. The van der Waals surface area contributed by atoms with Gasteiger partial charge >= 0.3 is 0 Å². The Morgan fingerprint density at radius 1 is 1.30 bits per heavy atom. The number of amides is 2. The topological polar surface area (TPSA) is 62.6 Å². The van der Waals surface area contributed by atoms with E-state index in [-0.39, 0.29) is 29.7 Å². The van der Waals surface area contributed by atoms with Crippen molar-refractivity contribution in [1.29, 1.82) is 0 Å². The van der Waals surface area contributed by atoms with E-state index >= 15 is 0 Å². The van der Waals surface area contributed by atoms with E-state index in [0.717, 1.165) is 9.86 Å². The molecule has 2 amide bonds. The van der Waals surface area contributed by atoms with Crippen LogP contribution in [0.5, 0.6) is 0 Å². The molecule has 5 nitrogen and oxygen atoms in total. The van der Waals surface area contributed by atoms with Crippen LogP contribution >= 0.6 is 15.9 Å². The molecule has 1 N–H and O–H groups in total. The molecule has 0 aliphatic rings. The summed E-state index contributed by atoms with van der Waals surface area (Å²) in [7, 11) is 0. The van der Waals surface area contributed by atoms with Crippen LogP contribution in [-0.4, -0.2) is 35.3 Å². The number of hydrogen-bond acceptors (Lipinski definition) is 3. The lowest BCUT2D eigenvalue weighted by molar-refractivity contribution is -0.123. The molecule has 23 heavy (non-hydrogen) atoms. The average Bonchev–Trinajstić information content (AvgIpc) is 2.87. The summed E-state index contributed by atoms with van der Waals surface area (Å²) in [5.74, 6) is -0.248. The van der Waals surface area contributed by atoms with Crippen molar-refractivity contribution in [2.75, 3.05) is 13.1 Å². The molecule has 0 aliphatic carbocycles. The minimum absolute atomic E-state index is 0.00478. The maximum Gasteiger partial charge on any atom is 0.290 e. The lowest BCUT2D eigenvalue weighted by Gasteiger charge is -2.24. The maximum absolute atomic E-state index is 12.6. The van der Waals surface area contributed by atoms with E-state index < -0.39 is 0 Å². The molecule has 0 atom stereocenters. The van der Waals surface area contributed by atoms with Crippen LogP contribution in [0.4, 0.5) is 0 Å². The number of para-hydroxylation sites is 1. The molecule has 1 aromatic carbocycles. The number of rotatable bonds is 4. The van der Waals surface area contributed by atoms with Crippen LogP contribution in [0.3, 0.4) is 0 Å². The molecule has 6 heteroatoms. The standard InChI is InChI=1S/C17H21BrN2O3/c1-5-20(10-14(21)19-17(2,3)4)16(22)13-9-11-7-6-8-12(18)15(11)23-13/h6-9H,5,10H2,1-4H3,(H,19,21). The lowest BCUT2D eigenvalue weighted by Crippen LogP contribution is -2.47. The van der Waals surface area contributed by atoms with Crippen LogP contribution in [0, 0.1) is 0 Å². The number of halogens is 1. The molecule has 1 aromatic heterocycles. The molecular weight excluding hydrogens is 360 g/mol. The van der Waals surface area contributed by atoms with Crippen LogP contribution in [0.25, 0.3) is 11.0 Å². The van der Waals surface area contributed by atoms with Crippen molar-refractivity contribution in [3.63, 3.8) is 0 Å². The van der Waals surface area contributed by atoms with Gasteiger partial charge in [-0.1, -0.05) is 12.1 Å². The van der Waals surface area contributed by atoms with Crippen LogP contribution in [-0.2, 0) is 4.79 Å². The molecule has 0 fully saturated rings. The normalized spacial score (nSPS) is 11.5. The molecule has 2 aromatic rings. The van der Waals surface area contributed by atoms with Crippen molar-refractivity contribution in [3.05, 3.63) is 34.5 Å². The third-order valence-electron chi connectivity index (χ3n) is 3.22. The van der Waals surface area contributed by atoms with Crippen molar-refractivity contribution in [3.8, 4) is 0 Å². The predicted octanol–water partition coefficient (Wildman–Crippen LogP) is 3.57. The summed E-state index contributed by atoms with van der Waals surface area (Å²) in [5.41, 5.74) is 0.301. The zero-order valence-electron chi connectivity index (χ0n) is 13.8. The molecule has 0 saturated carbocycles. The molecule has 0 radical (unpaired) electrons. The minimum Gasteiger partial charge on any atom is -0.450 e. The predicted molar refractivity (Wildman–Crippen MR) is 93.4 cm³/mol. The highest BCUT2D eigenvalue weighted by molar-refractivity contribution is 9.10. The Balaban J connectivity index is 2.18. The fraction of sp³-hybridized carbons (Fsp3) is 0.412. The van der Waals surface area contributed by atoms with Crippen LogP contribution in [0.1, 0.15) is 38.2 Å². The number of furan rings is 1. The molecule has 1 heterocycles. The van der Waals surface area contributed by atoms with Gasteiger partial charge in [0.05, 0.1) is 11.0 Å². The van der Waals surface area contributed by atoms with Crippen molar-refractivity contribution in [2.45, 2.75) is 33.2 Å². The monoisotopic (exact) mass is 380 g/mol. The maximum atomic E-state index is 12.6. The van der Waals surface area contributed by atoms with Gasteiger partial charge in [-0.2, -0.15) is 0 Å². The number of carbonyl (C=O) groups excluding carboxylic acids is 2. The highest BCUT2D eigenvalue weighted by atomic mass is 79.9. The first-order chi connectivity index (χ1) is 10.7. The van der Waals surface area contributed by atoms with E-state index in [0.29, 0.717) is 12.1 Å². The van der Waals surface area contributed by atoms with Gasteiger partial charge in [0.25, 0.3) is 5.91 Å². The van der Waals surface area contributed by atoms with Gasteiger partial charge in [0.1, 0.15) is 5.58 Å². The summed E-state index contributed by atoms with van der Waals surface area (Å²) in [6.07, 6.45) is 0. The Kier molecular flexibility index (Phi) is 5.14. The zero-order chi connectivity index (χ0) is 17.2. The van der Waals surface area contributed by atoms with Crippen molar-refractivity contribution < 1.29 is 14.0 Å². The molecule has 0 bridgehead atoms. The summed E-state index contributed by atoms with van der Waals surface area (Å²) < 4.78 is 6.45. The Morgan fingerprint density at radius 2 is 2.00 bits per heavy atom. The minimum atomic E-state index is -0.330. The van der Waals surface area contributed by atoms with E-state index in [1.165, 1.54) is 4.90 Å². The van der Waals surface area contributed by atoms with Gasteiger partial charge in [-0.25, -0.2) is 0 Å². The van der Waals surface area contributed by atoms with Crippen molar-refractivity contribution in [2.24, 2.45) is 0 Å². The number of carbonyl (C=O) groups is 2. The fourth-order valence-electron chi connectivity index (χ4n) is 2.25. The number of nitrogens with one attached hydrogen (secondary N) is 1. The van der Waals surface area contributed by atoms with Crippen LogP contribution < -0.4 is 5.32 Å². The van der Waals surface area contributed by atoms with E-state index in [9.17, 15) is 9.59 Å². The van der Waals surface area contributed by atoms with E-state index in [1.807, 2.05) is 45.9 Å². The van der Waals surface area contributed by atoms with Gasteiger partial charge in [-0.3, -0.25) is 9.59 Å². The first-order valence-electron chi connectivity index (χ1n) is 7.49. The third-order valence-corrected chi connectivity index (χ3v) is 3.85. The van der Waals surface area contributed by atoms with Gasteiger partial charge in [0, 0.05) is 17.5 Å². The van der Waals surface area contributed by atoms with Gasteiger partial charge < -0.3 is 14.6 Å². The molecular formula is C17H21BrN2O3. The molecule has 0 unspecified atom stereocenters. The zero-order valence-corrected chi connectivity index (χ0v) is 15.4. The van der Waals surface area contributed by atoms with Crippen molar-refractivity contribution >= 4 is 38.7 Å². The summed E-state index contributed by atoms with van der Waals surface area (Å²) in [6.45, 7) is 7.97. The molecule has 0 aliphatic heterocycles. The van der Waals surface area contributed by atoms with Crippen LogP contribution in [0.2, 0.25) is 0 Å². The smallest absolute Gasteiger partial charge is 0.290 e. The van der Waals surface area contributed by atoms with Gasteiger partial charge in [0.2, 0.25) is 5.91 Å². The Labute approximate surface area is 144 Å². The number of fused-ring (bicyclic) bond motifs is 1. The van der Waals surface area contributed by atoms with Gasteiger partial charge in [-0.05, 0) is 55.8 Å². The van der Waals surface area contributed by atoms with Gasteiger partial charge in [0.15, 0.2) is 5.76 Å². The van der Waals surface area contributed by atoms with Gasteiger partial charge in [-0.15, -0.1) is 0 Å². The SMILES string of the molecule is CCN(CC(=O)NC(C)(C)C)C(=O)c1cc2cccc(Br)c2o1. The summed E-state index contributed by atoms with van der Waals surface area (Å²) in [6, 6.07) is 7.31. The van der Waals surface area contributed by atoms with E-state index in [2.05, 4.69) is 21.2 Å². The largest absolute Gasteiger partial charge is 0.450 e.